The third-order valence-electron chi connectivity index (χ3n) is 3.07. The van der Waals surface area contributed by atoms with E-state index >= 15 is 0 Å². The van der Waals surface area contributed by atoms with E-state index in [1.165, 1.54) is 12.1 Å². The number of aliphatic imine (C=N–C) groups is 1. The van der Waals surface area contributed by atoms with E-state index in [9.17, 15) is 15.2 Å². The third kappa shape index (κ3) is 3.66. The standard InChI is InChI=1S/C16H16N2O3/c1-11(2)15-7-6-12(8-16(15)18(20)21)10-17-13-4-3-5-14(19)9-13/h3-11,19H,1-2H3. The lowest BCUT2D eigenvalue weighted by Gasteiger charge is -2.06. The zero-order chi connectivity index (χ0) is 15.4. The fraction of sp³-hybridized carbons (Fsp3) is 0.188. The first-order valence-corrected chi connectivity index (χ1v) is 6.59. The summed E-state index contributed by atoms with van der Waals surface area (Å²) in [5.41, 5.74) is 2.04. The van der Waals surface area contributed by atoms with Crippen LogP contribution in [0.1, 0.15) is 30.9 Å². The average Bonchev–Trinajstić information content (AvgIpc) is 2.44. The lowest BCUT2D eigenvalue weighted by Crippen LogP contribution is -1.98. The molecule has 0 aliphatic carbocycles. The van der Waals surface area contributed by atoms with E-state index in [2.05, 4.69) is 4.99 Å². The Morgan fingerprint density at radius 1 is 1.24 bits per heavy atom. The van der Waals surface area contributed by atoms with Crippen molar-refractivity contribution in [1.29, 1.82) is 0 Å². The highest BCUT2D eigenvalue weighted by Gasteiger charge is 2.16. The summed E-state index contributed by atoms with van der Waals surface area (Å²) in [5.74, 6) is 0.216. The molecule has 0 atom stereocenters. The van der Waals surface area contributed by atoms with Gasteiger partial charge in [-0.2, -0.15) is 0 Å². The van der Waals surface area contributed by atoms with Gasteiger partial charge in [0.25, 0.3) is 5.69 Å². The van der Waals surface area contributed by atoms with Gasteiger partial charge in [0.1, 0.15) is 5.75 Å². The van der Waals surface area contributed by atoms with Crippen LogP contribution in [0, 0.1) is 10.1 Å². The molecular formula is C16H16N2O3. The van der Waals surface area contributed by atoms with Crippen molar-refractivity contribution in [2.45, 2.75) is 19.8 Å². The zero-order valence-corrected chi connectivity index (χ0v) is 11.9. The lowest BCUT2D eigenvalue weighted by molar-refractivity contribution is -0.385. The third-order valence-corrected chi connectivity index (χ3v) is 3.07. The summed E-state index contributed by atoms with van der Waals surface area (Å²) in [5, 5.41) is 20.5. The molecular weight excluding hydrogens is 268 g/mol. The molecule has 0 aromatic heterocycles. The minimum absolute atomic E-state index is 0.0856. The highest BCUT2D eigenvalue weighted by molar-refractivity contribution is 5.83. The van der Waals surface area contributed by atoms with Gasteiger partial charge in [0.2, 0.25) is 0 Å². The van der Waals surface area contributed by atoms with E-state index in [1.807, 2.05) is 13.8 Å². The van der Waals surface area contributed by atoms with Crippen LogP contribution in [0.5, 0.6) is 5.75 Å². The van der Waals surface area contributed by atoms with Crippen LogP contribution in [0.2, 0.25) is 0 Å². The summed E-state index contributed by atoms with van der Waals surface area (Å²) < 4.78 is 0. The molecule has 0 bridgehead atoms. The lowest BCUT2D eigenvalue weighted by atomic mass is 9.99. The molecule has 0 aliphatic rings. The molecule has 5 nitrogen and oxygen atoms in total. The molecule has 108 valence electrons. The fourth-order valence-corrected chi connectivity index (χ4v) is 2.01. The van der Waals surface area contributed by atoms with Crippen molar-refractivity contribution in [3.63, 3.8) is 0 Å². The summed E-state index contributed by atoms with van der Waals surface area (Å²) in [6.45, 7) is 3.84. The van der Waals surface area contributed by atoms with Gasteiger partial charge in [0, 0.05) is 23.9 Å². The summed E-state index contributed by atoms with van der Waals surface area (Å²) in [7, 11) is 0. The second kappa shape index (κ2) is 6.17. The molecule has 2 aromatic rings. The van der Waals surface area contributed by atoms with Crippen LogP contribution in [-0.4, -0.2) is 16.2 Å². The van der Waals surface area contributed by atoms with E-state index in [0.717, 1.165) is 0 Å². The molecule has 2 aromatic carbocycles. The van der Waals surface area contributed by atoms with Crippen LogP contribution in [0.25, 0.3) is 0 Å². The Morgan fingerprint density at radius 3 is 2.62 bits per heavy atom. The Balaban J connectivity index is 2.33. The van der Waals surface area contributed by atoms with E-state index in [4.69, 9.17) is 0 Å². The van der Waals surface area contributed by atoms with Gasteiger partial charge >= 0.3 is 0 Å². The summed E-state index contributed by atoms with van der Waals surface area (Å²) in [6.07, 6.45) is 1.55. The molecule has 21 heavy (non-hydrogen) atoms. The normalized spacial score (nSPS) is 11.2. The minimum Gasteiger partial charge on any atom is -0.508 e. The second-order valence-corrected chi connectivity index (χ2v) is 5.01. The van der Waals surface area contributed by atoms with Crippen molar-refractivity contribution < 1.29 is 10.0 Å². The molecule has 0 amide bonds. The van der Waals surface area contributed by atoms with Gasteiger partial charge in [-0.05, 0) is 23.6 Å². The highest BCUT2D eigenvalue weighted by atomic mass is 16.6. The molecule has 0 saturated heterocycles. The molecule has 0 aliphatic heterocycles. The Hall–Kier alpha value is -2.69. The van der Waals surface area contributed by atoms with Gasteiger partial charge in [-0.1, -0.05) is 32.0 Å². The number of nitrogens with zero attached hydrogens (tertiary/aromatic N) is 2. The molecule has 5 heteroatoms. The highest BCUT2D eigenvalue weighted by Crippen LogP contribution is 2.27. The van der Waals surface area contributed by atoms with Gasteiger partial charge in [-0.15, -0.1) is 0 Å². The maximum atomic E-state index is 11.1. The Kier molecular flexibility index (Phi) is 4.33. The van der Waals surface area contributed by atoms with Crippen molar-refractivity contribution in [3.05, 3.63) is 63.7 Å². The van der Waals surface area contributed by atoms with Crippen molar-refractivity contribution in [2.24, 2.45) is 4.99 Å². The predicted molar refractivity (Wildman–Crippen MR) is 82.5 cm³/mol. The van der Waals surface area contributed by atoms with Crippen LogP contribution in [0.3, 0.4) is 0 Å². The summed E-state index contributed by atoms with van der Waals surface area (Å²) >= 11 is 0. The maximum absolute atomic E-state index is 11.1. The van der Waals surface area contributed by atoms with Gasteiger partial charge in [-0.25, -0.2) is 0 Å². The first-order valence-electron chi connectivity index (χ1n) is 6.59. The quantitative estimate of drug-likeness (QED) is 0.520. The molecule has 0 fully saturated rings. The van der Waals surface area contributed by atoms with Crippen LogP contribution < -0.4 is 0 Å². The molecule has 0 heterocycles. The maximum Gasteiger partial charge on any atom is 0.273 e. The first-order chi connectivity index (χ1) is 9.97. The number of rotatable bonds is 4. The van der Waals surface area contributed by atoms with Crippen molar-refractivity contribution in [3.8, 4) is 5.75 Å². The SMILES string of the molecule is CC(C)c1ccc(C=Nc2cccc(O)c2)cc1[N+](=O)[O-]. The zero-order valence-electron chi connectivity index (χ0n) is 11.9. The number of phenols is 1. The topological polar surface area (TPSA) is 75.7 Å². The number of nitro groups is 1. The number of hydrogen-bond donors (Lipinski definition) is 1. The molecule has 0 radical (unpaired) electrons. The Bertz CT molecular complexity index is 694. The van der Waals surface area contributed by atoms with Crippen molar-refractivity contribution >= 4 is 17.6 Å². The molecule has 0 saturated carbocycles. The minimum atomic E-state index is -0.374. The van der Waals surface area contributed by atoms with Crippen LogP contribution in [-0.2, 0) is 0 Å². The van der Waals surface area contributed by atoms with Crippen LogP contribution in [0.4, 0.5) is 11.4 Å². The fourth-order valence-electron chi connectivity index (χ4n) is 2.01. The molecule has 2 rings (SSSR count). The first kappa shape index (κ1) is 14.7. The molecule has 0 spiro atoms. The average molecular weight is 284 g/mol. The largest absolute Gasteiger partial charge is 0.508 e. The number of nitro benzene ring substituents is 1. The van der Waals surface area contributed by atoms with E-state index in [-0.39, 0.29) is 22.3 Å². The van der Waals surface area contributed by atoms with Gasteiger partial charge in [0.15, 0.2) is 0 Å². The van der Waals surface area contributed by atoms with Crippen LogP contribution in [0.15, 0.2) is 47.5 Å². The van der Waals surface area contributed by atoms with Gasteiger partial charge < -0.3 is 5.11 Å². The van der Waals surface area contributed by atoms with E-state index < -0.39 is 0 Å². The number of aromatic hydroxyl groups is 1. The van der Waals surface area contributed by atoms with Crippen molar-refractivity contribution in [1.82, 2.24) is 0 Å². The summed E-state index contributed by atoms with van der Waals surface area (Å²) in [6, 6.07) is 11.6. The van der Waals surface area contributed by atoms with E-state index in [0.29, 0.717) is 16.8 Å². The van der Waals surface area contributed by atoms with Gasteiger partial charge in [-0.3, -0.25) is 15.1 Å². The van der Waals surface area contributed by atoms with Crippen LogP contribution >= 0.6 is 0 Å². The number of hydrogen-bond acceptors (Lipinski definition) is 4. The number of phenolic OH excluding ortho intramolecular Hbond substituents is 1. The molecule has 0 unspecified atom stereocenters. The van der Waals surface area contributed by atoms with Gasteiger partial charge in [0.05, 0.1) is 10.6 Å². The second-order valence-electron chi connectivity index (χ2n) is 5.01. The van der Waals surface area contributed by atoms with E-state index in [1.54, 1.807) is 36.5 Å². The Morgan fingerprint density at radius 2 is 2.00 bits per heavy atom. The predicted octanol–water partition coefficient (Wildman–Crippen LogP) is 4.17. The smallest absolute Gasteiger partial charge is 0.273 e. The summed E-state index contributed by atoms with van der Waals surface area (Å²) in [4.78, 5) is 15.0. The monoisotopic (exact) mass is 284 g/mol. The van der Waals surface area contributed by atoms with Crippen molar-refractivity contribution in [2.75, 3.05) is 0 Å². The Labute approximate surface area is 122 Å². The molecule has 1 N–H and O–H groups in total. The number of benzene rings is 2.